The molecule has 0 unspecified atom stereocenters. The highest BCUT2D eigenvalue weighted by Gasteiger charge is 2.22. The van der Waals surface area contributed by atoms with Gasteiger partial charge in [0.1, 0.15) is 5.69 Å². The quantitative estimate of drug-likeness (QED) is 0.341. The van der Waals surface area contributed by atoms with Crippen molar-refractivity contribution in [1.29, 1.82) is 0 Å². The van der Waals surface area contributed by atoms with Gasteiger partial charge in [-0.2, -0.15) is 0 Å². The van der Waals surface area contributed by atoms with Gasteiger partial charge in [-0.25, -0.2) is 9.78 Å². The van der Waals surface area contributed by atoms with Crippen LogP contribution in [-0.2, 0) is 9.53 Å². The molecule has 0 spiro atoms. The number of hydrogen-bond donors (Lipinski definition) is 2. The third-order valence-corrected chi connectivity index (χ3v) is 3.66. The van der Waals surface area contributed by atoms with Crippen molar-refractivity contribution >= 4 is 52.3 Å². The number of rotatable bonds is 5. The van der Waals surface area contributed by atoms with Crippen LogP contribution in [0.4, 0.5) is 17.2 Å². The smallest absolute Gasteiger partial charge is 0.339 e. The van der Waals surface area contributed by atoms with E-state index in [0.29, 0.717) is 0 Å². The number of pyridine rings is 1. The summed E-state index contributed by atoms with van der Waals surface area (Å²) in [5.41, 5.74) is 4.81. The molecule has 1 aromatic heterocycles. The maximum Gasteiger partial charge on any atom is 0.339 e. The van der Waals surface area contributed by atoms with Gasteiger partial charge >= 0.3 is 5.97 Å². The molecule has 0 saturated heterocycles. The summed E-state index contributed by atoms with van der Waals surface area (Å²) in [5, 5.41) is 13.7. The number of esters is 1. The number of anilines is 2. The van der Waals surface area contributed by atoms with Crippen LogP contribution >= 0.6 is 23.2 Å². The van der Waals surface area contributed by atoms with Crippen LogP contribution in [-0.4, -0.2) is 27.9 Å². The van der Waals surface area contributed by atoms with E-state index in [4.69, 9.17) is 33.7 Å². The summed E-state index contributed by atoms with van der Waals surface area (Å²) >= 11 is 11.6. The van der Waals surface area contributed by atoms with E-state index in [2.05, 4.69) is 10.3 Å². The minimum absolute atomic E-state index is 0.0482. The molecule has 26 heavy (non-hydrogen) atoms. The lowest BCUT2D eigenvalue weighted by Crippen LogP contribution is -2.30. The fourth-order valence-electron chi connectivity index (χ4n) is 1.84. The number of aromatic nitrogens is 1. The average molecular weight is 399 g/mol. The fraction of sp³-hybridized carbons (Fsp3) is 0.133. The minimum Gasteiger partial charge on any atom is -0.449 e. The summed E-state index contributed by atoms with van der Waals surface area (Å²) < 4.78 is 5.00. The molecule has 1 aromatic carbocycles. The molecule has 11 heteroatoms. The van der Waals surface area contributed by atoms with Gasteiger partial charge in [0.15, 0.2) is 11.9 Å². The monoisotopic (exact) mass is 398 g/mol. The number of halogens is 2. The van der Waals surface area contributed by atoms with Crippen molar-refractivity contribution in [3.05, 3.63) is 56.2 Å². The van der Waals surface area contributed by atoms with Crippen molar-refractivity contribution in [2.75, 3.05) is 11.1 Å². The summed E-state index contributed by atoms with van der Waals surface area (Å²) in [6.07, 6.45) is 0.0698. The Bertz CT molecular complexity index is 890. The van der Waals surface area contributed by atoms with Crippen LogP contribution in [0, 0.1) is 10.1 Å². The first-order valence-electron chi connectivity index (χ1n) is 7.06. The molecule has 2 aromatic rings. The first kappa shape index (κ1) is 19.4. The number of nitro groups is 1. The second-order valence-corrected chi connectivity index (χ2v) is 5.90. The van der Waals surface area contributed by atoms with Crippen molar-refractivity contribution in [1.82, 2.24) is 4.98 Å². The normalized spacial score (nSPS) is 11.5. The molecular formula is C15H12Cl2N4O5. The highest BCUT2D eigenvalue weighted by molar-refractivity contribution is 6.36. The van der Waals surface area contributed by atoms with E-state index in [-0.39, 0.29) is 27.1 Å². The van der Waals surface area contributed by atoms with Gasteiger partial charge in [0.25, 0.3) is 11.6 Å². The lowest BCUT2D eigenvalue weighted by Gasteiger charge is -2.14. The number of amides is 1. The van der Waals surface area contributed by atoms with E-state index in [9.17, 15) is 19.7 Å². The molecule has 9 nitrogen and oxygen atoms in total. The second-order valence-electron chi connectivity index (χ2n) is 5.05. The Balaban J connectivity index is 2.07. The predicted molar refractivity (Wildman–Crippen MR) is 95.3 cm³/mol. The standard InChI is InChI=1S/C15H12Cl2N4O5/c1-7(14(22)20-13-10(17)5-9(16)6-19-13)26-15(23)8-2-3-11(18)12(4-8)21(24)25/h2-7H,18H2,1H3,(H,19,20,22)/t7-/m1/s1. The number of nitrogens with one attached hydrogen (secondary N) is 1. The Morgan fingerprint density at radius 3 is 2.65 bits per heavy atom. The number of carbonyl (C=O) groups excluding carboxylic acids is 2. The van der Waals surface area contributed by atoms with E-state index >= 15 is 0 Å². The zero-order valence-electron chi connectivity index (χ0n) is 13.2. The van der Waals surface area contributed by atoms with Crippen LogP contribution in [0.25, 0.3) is 0 Å². The highest BCUT2D eigenvalue weighted by atomic mass is 35.5. The number of nitrogen functional groups attached to an aromatic ring is 1. The molecule has 0 aliphatic rings. The number of ether oxygens (including phenoxy) is 1. The number of carbonyl (C=O) groups is 2. The Labute approximate surface area is 157 Å². The van der Waals surface area contributed by atoms with Gasteiger partial charge in [-0.1, -0.05) is 23.2 Å². The van der Waals surface area contributed by atoms with Crippen molar-refractivity contribution in [2.24, 2.45) is 0 Å². The van der Waals surface area contributed by atoms with E-state index in [1.807, 2.05) is 0 Å². The Hall–Kier alpha value is -2.91. The van der Waals surface area contributed by atoms with Gasteiger partial charge in [0, 0.05) is 12.3 Å². The van der Waals surface area contributed by atoms with Crippen LogP contribution in [0.5, 0.6) is 0 Å². The molecule has 136 valence electrons. The summed E-state index contributed by atoms with van der Waals surface area (Å²) in [7, 11) is 0. The molecule has 1 heterocycles. The fourth-order valence-corrected chi connectivity index (χ4v) is 2.26. The molecule has 0 fully saturated rings. The van der Waals surface area contributed by atoms with Gasteiger partial charge in [0.05, 0.1) is 20.5 Å². The molecule has 3 N–H and O–H groups in total. The molecule has 1 atom stereocenters. The van der Waals surface area contributed by atoms with E-state index in [0.717, 1.165) is 6.07 Å². The minimum atomic E-state index is -1.22. The predicted octanol–water partition coefficient (Wildman–Crippen LogP) is 3.06. The van der Waals surface area contributed by atoms with Crippen molar-refractivity contribution < 1.29 is 19.2 Å². The molecule has 0 aliphatic heterocycles. The lowest BCUT2D eigenvalue weighted by atomic mass is 10.2. The number of hydrogen-bond acceptors (Lipinski definition) is 7. The van der Waals surface area contributed by atoms with Crippen LogP contribution < -0.4 is 11.1 Å². The van der Waals surface area contributed by atoms with Crippen LogP contribution in [0.3, 0.4) is 0 Å². The topological polar surface area (TPSA) is 137 Å². The maximum absolute atomic E-state index is 12.1. The summed E-state index contributed by atoms with van der Waals surface area (Å²) in [5.74, 6) is -1.57. The summed E-state index contributed by atoms with van der Waals surface area (Å²) in [6, 6.07) is 4.82. The van der Waals surface area contributed by atoms with Gasteiger partial charge in [-0.05, 0) is 25.1 Å². The molecular weight excluding hydrogens is 387 g/mol. The third kappa shape index (κ3) is 4.58. The van der Waals surface area contributed by atoms with Crippen molar-refractivity contribution in [2.45, 2.75) is 13.0 Å². The summed E-state index contributed by atoms with van der Waals surface area (Å²) in [4.78, 5) is 38.2. The van der Waals surface area contributed by atoms with Crippen LogP contribution in [0.15, 0.2) is 30.5 Å². The Morgan fingerprint density at radius 2 is 2.04 bits per heavy atom. The SMILES string of the molecule is C[C@@H](OC(=O)c1ccc(N)c([N+](=O)[O-])c1)C(=O)Nc1ncc(Cl)cc1Cl. The third-order valence-electron chi connectivity index (χ3n) is 3.17. The Kier molecular flexibility index (Phi) is 5.96. The number of benzene rings is 1. The zero-order chi connectivity index (χ0) is 19.4. The van der Waals surface area contributed by atoms with E-state index < -0.39 is 28.6 Å². The number of nitrogens with two attached hydrogens (primary N) is 1. The number of nitrogens with zero attached hydrogens (tertiary/aromatic N) is 2. The van der Waals surface area contributed by atoms with Gasteiger partial charge in [0.2, 0.25) is 0 Å². The molecule has 0 radical (unpaired) electrons. The number of nitro benzene ring substituents is 1. The lowest BCUT2D eigenvalue weighted by molar-refractivity contribution is -0.383. The van der Waals surface area contributed by atoms with Gasteiger partial charge in [-0.15, -0.1) is 0 Å². The molecule has 0 saturated carbocycles. The average Bonchev–Trinajstić information content (AvgIpc) is 2.57. The molecule has 0 aliphatic carbocycles. The van der Waals surface area contributed by atoms with Crippen LogP contribution in [0.1, 0.15) is 17.3 Å². The van der Waals surface area contributed by atoms with Gasteiger partial charge < -0.3 is 15.8 Å². The Morgan fingerprint density at radius 1 is 1.35 bits per heavy atom. The van der Waals surface area contributed by atoms with Crippen molar-refractivity contribution in [3.8, 4) is 0 Å². The van der Waals surface area contributed by atoms with Gasteiger partial charge in [-0.3, -0.25) is 14.9 Å². The highest BCUT2D eigenvalue weighted by Crippen LogP contribution is 2.24. The molecule has 2 rings (SSSR count). The summed E-state index contributed by atoms with van der Waals surface area (Å²) in [6.45, 7) is 1.32. The zero-order valence-corrected chi connectivity index (χ0v) is 14.7. The maximum atomic E-state index is 12.1. The van der Waals surface area contributed by atoms with Crippen LogP contribution in [0.2, 0.25) is 10.0 Å². The first-order valence-corrected chi connectivity index (χ1v) is 7.81. The van der Waals surface area contributed by atoms with Crippen molar-refractivity contribution in [3.63, 3.8) is 0 Å². The largest absolute Gasteiger partial charge is 0.449 e. The van der Waals surface area contributed by atoms with E-state index in [1.165, 1.54) is 31.3 Å². The molecule has 0 bridgehead atoms. The van der Waals surface area contributed by atoms with E-state index in [1.54, 1.807) is 0 Å². The molecule has 1 amide bonds. The first-order chi connectivity index (χ1) is 12.2. The second kappa shape index (κ2) is 7.98.